The number of hydrogen-bond acceptors (Lipinski definition) is 2. The fraction of sp³-hybridized carbons (Fsp3) is 0.625. The molecule has 0 aliphatic carbocycles. The second-order valence-electron chi connectivity index (χ2n) is 10.5. The minimum Gasteiger partial charge on any atom is -0.348 e. The van der Waals surface area contributed by atoms with Gasteiger partial charge in [0.25, 0.3) is 0 Å². The maximum Gasteiger partial charge on any atom is 0.183 e. The molecule has 0 spiro atoms. The zero-order chi connectivity index (χ0) is 25.6. The summed E-state index contributed by atoms with van der Waals surface area (Å²) in [6.07, 6.45) is 16.0. The van der Waals surface area contributed by atoms with Gasteiger partial charge in [-0.15, -0.1) is 0 Å². The average molecular weight is 501 g/mol. The summed E-state index contributed by atoms with van der Waals surface area (Å²) in [7, 11) is 0. The Labute approximate surface area is 217 Å². The monoisotopic (exact) mass is 500 g/mol. The number of aryl methyl sites for hydroxylation is 1. The van der Waals surface area contributed by atoms with Gasteiger partial charge >= 0.3 is 0 Å². The lowest BCUT2D eigenvalue weighted by Crippen LogP contribution is -2.27. The van der Waals surface area contributed by atoms with Crippen LogP contribution in [0, 0.1) is 17.6 Å². The molecule has 0 bridgehead atoms. The Bertz CT molecular complexity index is 872. The quantitative estimate of drug-likeness (QED) is 0.213. The largest absolute Gasteiger partial charge is 0.348 e. The van der Waals surface area contributed by atoms with Crippen molar-refractivity contribution in [2.24, 2.45) is 5.92 Å². The van der Waals surface area contributed by atoms with Crippen LogP contribution in [0.1, 0.15) is 115 Å². The molecule has 0 amide bonds. The van der Waals surface area contributed by atoms with Crippen molar-refractivity contribution in [3.63, 3.8) is 0 Å². The molecule has 0 N–H and O–H groups in total. The van der Waals surface area contributed by atoms with E-state index in [9.17, 15) is 8.78 Å². The lowest BCUT2D eigenvalue weighted by atomic mass is 9.98. The lowest BCUT2D eigenvalue weighted by molar-refractivity contribution is -0.206. The molecule has 1 aliphatic heterocycles. The molecule has 1 aliphatic rings. The number of ether oxygens (including phenoxy) is 2. The van der Waals surface area contributed by atoms with E-state index >= 15 is 0 Å². The van der Waals surface area contributed by atoms with Crippen molar-refractivity contribution in [3.05, 3.63) is 59.2 Å². The van der Waals surface area contributed by atoms with Gasteiger partial charge < -0.3 is 9.47 Å². The first-order valence-corrected chi connectivity index (χ1v) is 14.4. The lowest BCUT2D eigenvalue weighted by Gasteiger charge is -2.29. The molecule has 0 radical (unpaired) electrons. The van der Waals surface area contributed by atoms with Crippen LogP contribution in [0.25, 0.3) is 11.1 Å². The second kappa shape index (κ2) is 16.1. The molecular formula is C32H46F2O2. The minimum atomic E-state index is -0.757. The van der Waals surface area contributed by atoms with Gasteiger partial charge in [-0.05, 0) is 30.4 Å². The van der Waals surface area contributed by atoms with Crippen LogP contribution in [0.15, 0.2) is 36.4 Å². The third kappa shape index (κ3) is 8.95. The Morgan fingerprint density at radius 3 is 1.89 bits per heavy atom. The van der Waals surface area contributed by atoms with E-state index in [2.05, 4.69) is 13.8 Å². The van der Waals surface area contributed by atoms with E-state index in [4.69, 9.17) is 9.47 Å². The highest BCUT2D eigenvalue weighted by atomic mass is 19.2. The van der Waals surface area contributed by atoms with Gasteiger partial charge in [0.15, 0.2) is 17.9 Å². The zero-order valence-electron chi connectivity index (χ0n) is 22.5. The van der Waals surface area contributed by atoms with Crippen molar-refractivity contribution in [3.8, 4) is 11.1 Å². The Morgan fingerprint density at radius 2 is 1.25 bits per heavy atom. The van der Waals surface area contributed by atoms with E-state index < -0.39 is 11.6 Å². The highest BCUT2D eigenvalue weighted by molar-refractivity contribution is 5.65. The molecule has 3 rings (SSSR count). The number of hydrogen-bond donors (Lipinski definition) is 0. The Morgan fingerprint density at radius 1 is 0.667 bits per heavy atom. The van der Waals surface area contributed by atoms with Crippen molar-refractivity contribution in [1.29, 1.82) is 0 Å². The summed E-state index contributed by atoms with van der Waals surface area (Å²) in [5, 5.41) is 0. The van der Waals surface area contributed by atoms with Crippen molar-refractivity contribution in [1.82, 2.24) is 0 Å². The van der Waals surface area contributed by atoms with Crippen LogP contribution in [0.4, 0.5) is 8.78 Å². The van der Waals surface area contributed by atoms with Gasteiger partial charge in [0.2, 0.25) is 0 Å². The molecular weight excluding hydrogens is 454 g/mol. The Kier molecular flexibility index (Phi) is 12.9. The minimum absolute atomic E-state index is 0.300. The average Bonchev–Trinajstić information content (AvgIpc) is 2.91. The van der Waals surface area contributed by atoms with Crippen molar-refractivity contribution in [2.75, 3.05) is 13.2 Å². The van der Waals surface area contributed by atoms with Crippen LogP contribution < -0.4 is 0 Å². The van der Waals surface area contributed by atoms with Gasteiger partial charge in [-0.25, -0.2) is 8.78 Å². The molecule has 0 aromatic heterocycles. The van der Waals surface area contributed by atoms with Gasteiger partial charge in [0.05, 0.1) is 13.2 Å². The second-order valence-corrected chi connectivity index (χ2v) is 10.5. The summed E-state index contributed by atoms with van der Waals surface area (Å²) in [5.74, 6) is -1.01. The first-order valence-electron chi connectivity index (χ1n) is 14.4. The molecule has 36 heavy (non-hydrogen) atoms. The molecule has 200 valence electrons. The van der Waals surface area contributed by atoms with Crippen LogP contribution >= 0.6 is 0 Å². The van der Waals surface area contributed by atoms with Crippen LogP contribution in [0.5, 0.6) is 0 Å². The standard InChI is InChI=1S/C32H46F2O2/c1-3-5-7-9-10-12-13-15-25-23-35-32(36-24-25)28-19-17-26(18-20-28)29-22-21-27(30(33)31(29)34)16-14-11-8-6-4-2/h17-22,25,32H,3-16,23-24H2,1-2H3. The van der Waals surface area contributed by atoms with Gasteiger partial charge in [0.1, 0.15) is 0 Å². The first kappa shape index (κ1) is 28.8. The molecule has 1 fully saturated rings. The smallest absolute Gasteiger partial charge is 0.183 e. The topological polar surface area (TPSA) is 18.5 Å². The molecule has 1 saturated heterocycles. The number of halogens is 2. The molecule has 2 aromatic carbocycles. The van der Waals surface area contributed by atoms with E-state index in [1.807, 2.05) is 24.3 Å². The summed E-state index contributed by atoms with van der Waals surface area (Å²) in [5.41, 5.74) is 2.35. The summed E-state index contributed by atoms with van der Waals surface area (Å²) in [4.78, 5) is 0. The van der Waals surface area contributed by atoms with Gasteiger partial charge in [-0.3, -0.25) is 0 Å². The number of unbranched alkanes of at least 4 members (excludes halogenated alkanes) is 10. The van der Waals surface area contributed by atoms with Crippen LogP contribution in [0.2, 0.25) is 0 Å². The molecule has 0 saturated carbocycles. The number of rotatable bonds is 16. The van der Waals surface area contributed by atoms with E-state index in [0.717, 1.165) is 31.2 Å². The molecule has 2 nitrogen and oxygen atoms in total. The summed E-state index contributed by atoms with van der Waals surface area (Å²) in [6.45, 7) is 5.84. The summed E-state index contributed by atoms with van der Waals surface area (Å²) in [6, 6.07) is 10.9. The maximum absolute atomic E-state index is 14.9. The molecule has 4 heteroatoms. The zero-order valence-corrected chi connectivity index (χ0v) is 22.5. The third-order valence-electron chi connectivity index (χ3n) is 7.39. The van der Waals surface area contributed by atoms with E-state index in [1.165, 1.54) is 57.8 Å². The maximum atomic E-state index is 14.9. The SMILES string of the molecule is CCCCCCCCCC1COC(c2ccc(-c3ccc(CCCCCCC)c(F)c3F)cc2)OC1. The summed E-state index contributed by atoms with van der Waals surface area (Å²) < 4.78 is 41.5. The Hall–Kier alpha value is -1.78. The number of benzene rings is 2. The van der Waals surface area contributed by atoms with Crippen LogP contribution in [-0.4, -0.2) is 13.2 Å². The van der Waals surface area contributed by atoms with E-state index in [0.29, 0.717) is 42.2 Å². The molecule has 2 aromatic rings. The first-order chi connectivity index (χ1) is 17.6. The highest BCUT2D eigenvalue weighted by Crippen LogP contribution is 2.31. The van der Waals surface area contributed by atoms with Crippen LogP contribution in [-0.2, 0) is 15.9 Å². The highest BCUT2D eigenvalue weighted by Gasteiger charge is 2.23. The van der Waals surface area contributed by atoms with E-state index in [1.54, 1.807) is 12.1 Å². The van der Waals surface area contributed by atoms with E-state index in [-0.39, 0.29) is 6.29 Å². The fourth-order valence-electron chi connectivity index (χ4n) is 5.04. The van der Waals surface area contributed by atoms with Gasteiger partial charge in [-0.1, -0.05) is 121 Å². The predicted octanol–water partition coefficient (Wildman–Crippen LogP) is 9.95. The van der Waals surface area contributed by atoms with Crippen molar-refractivity contribution >= 4 is 0 Å². The fourth-order valence-corrected chi connectivity index (χ4v) is 5.04. The molecule has 0 atom stereocenters. The van der Waals surface area contributed by atoms with Gasteiger partial charge in [-0.2, -0.15) is 0 Å². The summed E-state index contributed by atoms with van der Waals surface area (Å²) >= 11 is 0. The molecule has 1 heterocycles. The van der Waals surface area contributed by atoms with Crippen molar-refractivity contribution in [2.45, 2.75) is 110 Å². The third-order valence-corrected chi connectivity index (χ3v) is 7.39. The Balaban J connectivity index is 1.45. The van der Waals surface area contributed by atoms with Crippen LogP contribution in [0.3, 0.4) is 0 Å². The predicted molar refractivity (Wildman–Crippen MR) is 145 cm³/mol. The van der Waals surface area contributed by atoms with Gasteiger partial charge in [0, 0.05) is 17.0 Å². The normalized spacial score (nSPS) is 18.0. The molecule has 0 unspecified atom stereocenters. The van der Waals surface area contributed by atoms with Crippen molar-refractivity contribution < 1.29 is 18.3 Å².